The maximum Gasteiger partial charge on any atom is 0.133 e. The predicted octanol–water partition coefficient (Wildman–Crippen LogP) is 0.942. The fraction of sp³-hybridized carbons (Fsp3) is 0.364. The lowest BCUT2D eigenvalue weighted by Crippen LogP contribution is -2.30. The lowest BCUT2D eigenvalue weighted by atomic mass is 10.1. The van der Waals surface area contributed by atoms with Gasteiger partial charge in [0, 0.05) is 6.04 Å². The van der Waals surface area contributed by atoms with Gasteiger partial charge in [-0.15, -0.1) is 0 Å². The molecule has 0 aromatic heterocycles. The molecule has 0 spiro atoms. The van der Waals surface area contributed by atoms with Crippen LogP contribution in [-0.4, -0.2) is 18.9 Å². The summed E-state index contributed by atoms with van der Waals surface area (Å²) in [4.78, 5) is 10.2. The number of hydrogen-bond donors (Lipinski definition) is 1. The Bertz CT molecular complexity index is 284. The van der Waals surface area contributed by atoms with Crippen molar-refractivity contribution in [2.24, 2.45) is 0 Å². The van der Waals surface area contributed by atoms with Gasteiger partial charge in [-0.1, -0.05) is 24.3 Å². The van der Waals surface area contributed by atoms with Crippen LogP contribution in [0.15, 0.2) is 24.3 Å². The summed E-state index contributed by atoms with van der Waals surface area (Å²) in [5, 5.41) is 3.21. The summed E-state index contributed by atoms with van der Waals surface area (Å²) >= 11 is 0. The molecule has 2 nitrogen and oxygen atoms in total. The number of hydrogen-bond acceptors (Lipinski definition) is 2. The number of nitrogens with one attached hydrogen (secondary N) is 1. The first-order valence-corrected chi connectivity index (χ1v) is 4.64. The Morgan fingerprint density at radius 3 is 2.46 bits per heavy atom. The SMILES string of the molecule is O=CCNC1Cc2ccccc2C1. The molecule has 2 heteroatoms. The van der Waals surface area contributed by atoms with E-state index in [-0.39, 0.29) is 0 Å². The first-order valence-electron chi connectivity index (χ1n) is 4.64. The molecule has 0 unspecified atom stereocenters. The highest BCUT2D eigenvalue weighted by molar-refractivity contribution is 5.52. The van der Waals surface area contributed by atoms with Gasteiger partial charge in [-0.25, -0.2) is 0 Å². The van der Waals surface area contributed by atoms with E-state index in [4.69, 9.17) is 0 Å². The van der Waals surface area contributed by atoms with Crippen molar-refractivity contribution in [2.75, 3.05) is 6.54 Å². The van der Waals surface area contributed by atoms with Crippen LogP contribution in [0.1, 0.15) is 11.1 Å². The van der Waals surface area contributed by atoms with Gasteiger partial charge in [0.25, 0.3) is 0 Å². The van der Waals surface area contributed by atoms with Gasteiger partial charge in [-0.3, -0.25) is 0 Å². The minimum Gasteiger partial charge on any atom is -0.307 e. The van der Waals surface area contributed by atoms with E-state index >= 15 is 0 Å². The largest absolute Gasteiger partial charge is 0.307 e. The number of carbonyl (C=O) groups excluding carboxylic acids is 1. The van der Waals surface area contributed by atoms with Crippen LogP contribution in [0.2, 0.25) is 0 Å². The Morgan fingerprint density at radius 1 is 1.31 bits per heavy atom. The summed E-state index contributed by atoms with van der Waals surface area (Å²) in [6, 6.07) is 8.93. The summed E-state index contributed by atoms with van der Waals surface area (Å²) in [6.07, 6.45) is 3.04. The van der Waals surface area contributed by atoms with Crippen molar-refractivity contribution in [1.82, 2.24) is 5.32 Å². The second-order valence-electron chi connectivity index (χ2n) is 3.45. The van der Waals surface area contributed by atoms with Crippen LogP contribution < -0.4 is 5.32 Å². The number of fused-ring (bicyclic) bond motifs is 1. The van der Waals surface area contributed by atoms with Gasteiger partial charge in [-0.2, -0.15) is 0 Å². The van der Waals surface area contributed by atoms with Crippen LogP contribution in [-0.2, 0) is 17.6 Å². The Labute approximate surface area is 78.0 Å². The molecular formula is C11H13NO. The Hall–Kier alpha value is -1.15. The summed E-state index contributed by atoms with van der Waals surface area (Å²) in [5.74, 6) is 0. The van der Waals surface area contributed by atoms with Crippen molar-refractivity contribution in [3.63, 3.8) is 0 Å². The zero-order valence-electron chi connectivity index (χ0n) is 7.49. The van der Waals surface area contributed by atoms with Gasteiger partial charge in [0.05, 0.1) is 6.54 Å². The molecule has 1 aromatic rings. The molecule has 0 heterocycles. The van der Waals surface area contributed by atoms with Gasteiger partial charge >= 0.3 is 0 Å². The molecule has 0 aliphatic heterocycles. The van der Waals surface area contributed by atoms with Crippen LogP contribution in [0.5, 0.6) is 0 Å². The maximum atomic E-state index is 10.2. The average Bonchev–Trinajstić information content (AvgIpc) is 2.57. The van der Waals surface area contributed by atoms with Crippen molar-refractivity contribution < 1.29 is 4.79 Å². The molecule has 0 fully saturated rings. The molecule has 0 atom stereocenters. The van der Waals surface area contributed by atoms with Gasteiger partial charge in [0.15, 0.2) is 0 Å². The third kappa shape index (κ3) is 1.78. The fourth-order valence-corrected chi connectivity index (χ4v) is 1.92. The molecule has 0 bridgehead atoms. The van der Waals surface area contributed by atoms with Crippen molar-refractivity contribution in [3.8, 4) is 0 Å². The van der Waals surface area contributed by atoms with E-state index < -0.39 is 0 Å². The van der Waals surface area contributed by atoms with Crippen LogP contribution in [0, 0.1) is 0 Å². The zero-order valence-corrected chi connectivity index (χ0v) is 7.49. The number of rotatable bonds is 3. The third-order valence-corrected chi connectivity index (χ3v) is 2.54. The lowest BCUT2D eigenvalue weighted by Gasteiger charge is -2.07. The summed E-state index contributed by atoms with van der Waals surface area (Å²) in [6.45, 7) is 0.471. The summed E-state index contributed by atoms with van der Waals surface area (Å²) in [5.41, 5.74) is 2.84. The zero-order chi connectivity index (χ0) is 9.10. The quantitative estimate of drug-likeness (QED) is 0.693. The molecule has 0 saturated heterocycles. The smallest absolute Gasteiger partial charge is 0.133 e. The second-order valence-corrected chi connectivity index (χ2v) is 3.45. The van der Waals surface area contributed by atoms with E-state index in [1.165, 1.54) is 11.1 Å². The van der Waals surface area contributed by atoms with Gasteiger partial charge < -0.3 is 10.1 Å². The van der Waals surface area contributed by atoms with Crippen molar-refractivity contribution in [1.29, 1.82) is 0 Å². The molecule has 68 valence electrons. The van der Waals surface area contributed by atoms with Crippen LogP contribution in [0.3, 0.4) is 0 Å². The Kier molecular flexibility index (Phi) is 2.41. The van der Waals surface area contributed by atoms with E-state index in [1.54, 1.807) is 0 Å². The monoisotopic (exact) mass is 175 g/mol. The topological polar surface area (TPSA) is 29.1 Å². The second kappa shape index (κ2) is 3.71. The Balaban J connectivity index is 2.01. The van der Waals surface area contributed by atoms with Crippen LogP contribution >= 0.6 is 0 Å². The minimum absolute atomic E-state index is 0.461. The summed E-state index contributed by atoms with van der Waals surface area (Å²) in [7, 11) is 0. The lowest BCUT2D eigenvalue weighted by molar-refractivity contribution is -0.107. The molecule has 0 amide bonds. The summed E-state index contributed by atoms with van der Waals surface area (Å²) < 4.78 is 0. The molecule has 13 heavy (non-hydrogen) atoms. The third-order valence-electron chi connectivity index (χ3n) is 2.54. The van der Waals surface area contributed by atoms with Gasteiger partial charge in [0.1, 0.15) is 6.29 Å². The van der Waals surface area contributed by atoms with Crippen LogP contribution in [0.4, 0.5) is 0 Å². The first kappa shape index (κ1) is 8.45. The molecule has 0 saturated carbocycles. The van der Waals surface area contributed by atoms with Crippen molar-refractivity contribution in [3.05, 3.63) is 35.4 Å². The Morgan fingerprint density at radius 2 is 1.92 bits per heavy atom. The number of carbonyl (C=O) groups is 1. The highest BCUT2D eigenvalue weighted by Gasteiger charge is 2.19. The minimum atomic E-state index is 0.461. The number of benzene rings is 1. The normalized spacial score (nSPS) is 15.7. The molecular weight excluding hydrogens is 162 g/mol. The average molecular weight is 175 g/mol. The van der Waals surface area contributed by atoms with E-state index in [2.05, 4.69) is 29.6 Å². The predicted molar refractivity (Wildman–Crippen MR) is 51.7 cm³/mol. The molecule has 1 N–H and O–H groups in total. The molecule has 1 aliphatic rings. The molecule has 1 aliphatic carbocycles. The van der Waals surface area contributed by atoms with Crippen molar-refractivity contribution >= 4 is 6.29 Å². The van der Waals surface area contributed by atoms with Crippen molar-refractivity contribution in [2.45, 2.75) is 18.9 Å². The highest BCUT2D eigenvalue weighted by Crippen LogP contribution is 2.21. The molecule has 1 aromatic carbocycles. The van der Waals surface area contributed by atoms with E-state index in [0.29, 0.717) is 12.6 Å². The van der Waals surface area contributed by atoms with Crippen LogP contribution in [0.25, 0.3) is 0 Å². The van der Waals surface area contributed by atoms with E-state index in [9.17, 15) is 4.79 Å². The van der Waals surface area contributed by atoms with Gasteiger partial charge in [0.2, 0.25) is 0 Å². The standard InChI is InChI=1S/C11H13NO/c13-6-5-12-11-7-9-3-1-2-4-10(9)8-11/h1-4,6,11-12H,5,7-8H2. The highest BCUT2D eigenvalue weighted by atomic mass is 16.1. The molecule has 2 rings (SSSR count). The van der Waals surface area contributed by atoms with Gasteiger partial charge in [-0.05, 0) is 24.0 Å². The van der Waals surface area contributed by atoms with E-state index in [1.807, 2.05) is 0 Å². The first-order chi connectivity index (χ1) is 6.40. The molecule has 0 radical (unpaired) electrons. The van der Waals surface area contributed by atoms with E-state index in [0.717, 1.165) is 19.1 Å². The maximum absolute atomic E-state index is 10.2. The number of aldehydes is 1. The fourth-order valence-electron chi connectivity index (χ4n) is 1.92.